The highest BCUT2D eigenvalue weighted by atomic mass is 28.3. The minimum absolute atomic E-state index is 0.475. The van der Waals surface area contributed by atoms with Crippen LogP contribution in [-0.4, -0.2) is 30.7 Å². The third kappa shape index (κ3) is 12.4. The molecule has 0 unspecified atom stereocenters. The Hall–Kier alpha value is -2.14. The van der Waals surface area contributed by atoms with Crippen molar-refractivity contribution in [3.8, 4) is 23.0 Å². The molecule has 0 fully saturated rings. The van der Waals surface area contributed by atoms with E-state index in [-0.39, 0.29) is 0 Å². The Morgan fingerprint density at radius 2 is 0.744 bits per heavy atom. The van der Waals surface area contributed by atoms with Gasteiger partial charge in [0.25, 0.3) is 0 Å². The summed E-state index contributed by atoms with van der Waals surface area (Å²) in [6.45, 7) is 13.4. The number of aromatic hydroxyl groups is 2. The van der Waals surface area contributed by atoms with E-state index < -0.39 is 8.07 Å². The third-order valence-corrected chi connectivity index (χ3v) is 13.2. The van der Waals surface area contributed by atoms with E-state index >= 15 is 0 Å². The number of phenolic OH excluding ortho intramolecular Hbond substituents is 2. The number of rotatable bonds is 24. The minimum Gasteiger partial charge on any atom is -0.507 e. The van der Waals surface area contributed by atoms with Crippen molar-refractivity contribution < 1.29 is 19.7 Å². The second-order valence-electron chi connectivity index (χ2n) is 12.9. The molecule has 0 aliphatic rings. The lowest BCUT2D eigenvalue weighted by atomic mass is 10.00. The van der Waals surface area contributed by atoms with Gasteiger partial charge >= 0.3 is 0 Å². The van der Waals surface area contributed by atoms with E-state index in [2.05, 4.69) is 65.8 Å². The SMILES string of the molecule is CCCCc1cc(OC[Si](CCCC)(CCCC)COc2cc(CCCC)c(O)c(CCCC)c2)cc(CCCC)c1O. The molecule has 0 amide bonds. The average Bonchev–Trinajstić information content (AvgIpc) is 3.02. The molecular weight excluding hydrogens is 549 g/mol. The first kappa shape index (κ1) is 37.0. The van der Waals surface area contributed by atoms with Crippen molar-refractivity contribution in [1.82, 2.24) is 0 Å². The van der Waals surface area contributed by atoms with E-state index in [4.69, 9.17) is 9.47 Å². The maximum Gasteiger partial charge on any atom is 0.142 e. The summed E-state index contributed by atoms with van der Waals surface area (Å²) in [5, 5.41) is 22.0. The normalized spacial score (nSPS) is 11.7. The van der Waals surface area contributed by atoms with Gasteiger partial charge in [-0.15, -0.1) is 0 Å². The minimum atomic E-state index is -1.97. The average molecular weight is 613 g/mol. The summed E-state index contributed by atoms with van der Waals surface area (Å²) in [5.41, 5.74) is 4.11. The van der Waals surface area contributed by atoms with E-state index in [0.29, 0.717) is 11.5 Å². The molecule has 0 radical (unpaired) electrons. The van der Waals surface area contributed by atoms with Crippen molar-refractivity contribution in [3.05, 3.63) is 46.5 Å². The highest BCUT2D eigenvalue weighted by Crippen LogP contribution is 2.34. The first-order chi connectivity index (χ1) is 20.9. The molecule has 0 aromatic heterocycles. The van der Waals surface area contributed by atoms with E-state index in [1.54, 1.807) is 0 Å². The van der Waals surface area contributed by atoms with Crippen LogP contribution in [0.4, 0.5) is 0 Å². The zero-order chi connectivity index (χ0) is 31.5. The standard InChI is InChI=1S/C38H64O4Si/c1-7-13-19-31-25-35(26-32(37(31)39)20-14-8-2)41-29-43(23-17-11-5,24-18-12-6)30-42-36-27-33(21-15-9-3)38(40)34(28-36)22-16-10-4/h25-28,39-40H,7-24,29-30H2,1-6H3. The molecule has 43 heavy (non-hydrogen) atoms. The maximum atomic E-state index is 11.0. The molecule has 0 atom stereocenters. The van der Waals surface area contributed by atoms with Crippen LogP contribution in [0.1, 0.15) is 141 Å². The second-order valence-corrected chi connectivity index (χ2v) is 17.5. The lowest BCUT2D eigenvalue weighted by Crippen LogP contribution is -2.48. The van der Waals surface area contributed by atoms with Gasteiger partial charge in [-0.25, -0.2) is 0 Å². The number of aryl methyl sites for hydroxylation is 4. The van der Waals surface area contributed by atoms with Crippen LogP contribution >= 0.6 is 0 Å². The van der Waals surface area contributed by atoms with Crippen LogP contribution in [0.3, 0.4) is 0 Å². The van der Waals surface area contributed by atoms with Crippen molar-refractivity contribution in [1.29, 1.82) is 0 Å². The Balaban J connectivity index is 2.38. The molecule has 0 saturated carbocycles. The Bertz CT molecular complexity index is 909. The van der Waals surface area contributed by atoms with Crippen molar-refractivity contribution in [2.45, 2.75) is 156 Å². The summed E-state index contributed by atoms with van der Waals surface area (Å²) >= 11 is 0. The predicted octanol–water partition coefficient (Wildman–Crippen LogP) is 11.1. The van der Waals surface area contributed by atoms with Crippen LogP contribution in [-0.2, 0) is 25.7 Å². The zero-order valence-corrected chi connectivity index (χ0v) is 29.7. The molecular formula is C38H64O4Si. The first-order valence-corrected chi connectivity index (χ1v) is 20.6. The highest BCUT2D eigenvalue weighted by molar-refractivity contribution is 6.79. The number of phenols is 2. The van der Waals surface area contributed by atoms with E-state index in [9.17, 15) is 10.2 Å². The van der Waals surface area contributed by atoms with Crippen LogP contribution in [0, 0.1) is 0 Å². The summed E-state index contributed by atoms with van der Waals surface area (Å²) in [5.74, 6) is 2.77. The van der Waals surface area contributed by atoms with Crippen molar-refractivity contribution >= 4 is 8.07 Å². The molecule has 2 rings (SSSR count). The van der Waals surface area contributed by atoms with Gasteiger partial charge in [0, 0.05) is 0 Å². The molecule has 0 saturated heterocycles. The van der Waals surface area contributed by atoms with Crippen LogP contribution < -0.4 is 9.47 Å². The molecule has 2 N–H and O–H groups in total. The van der Waals surface area contributed by atoms with Gasteiger partial charge in [0.15, 0.2) is 0 Å². The molecule has 0 aliphatic carbocycles. The monoisotopic (exact) mass is 612 g/mol. The number of ether oxygens (including phenoxy) is 2. The lowest BCUT2D eigenvalue weighted by Gasteiger charge is -2.32. The maximum absolute atomic E-state index is 11.0. The third-order valence-electron chi connectivity index (χ3n) is 8.89. The van der Waals surface area contributed by atoms with E-state index in [1.807, 2.05) is 0 Å². The van der Waals surface area contributed by atoms with Gasteiger partial charge in [0.05, 0.1) is 12.5 Å². The molecule has 2 aromatic rings. The van der Waals surface area contributed by atoms with Crippen molar-refractivity contribution in [2.24, 2.45) is 0 Å². The van der Waals surface area contributed by atoms with Gasteiger partial charge in [-0.05, 0) is 97.9 Å². The zero-order valence-electron chi connectivity index (χ0n) is 28.7. The van der Waals surface area contributed by atoms with Crippen molar-refractivity contribution in [2.75, 3.05) is 12.5 Å². The van der Waals surface area contributed by atoms with Gasteiger partial charge in [-0.2, -0.15) is 0 Å². The predicted molar refractivity (Wildman–Crippen MR) is 187 cm³/mol. The molecule has 0 spiro atoms. The fourth-order valence-corrected chi connectivity index (χ4v) is 9.95. The van der Waals surface area contributed by atoms with Crippen LogP contribution in [0.5, 0.6) is 23.0 Å². The summed E-state index contributed by atoms with van der Waals surface area (Å²) in [6, 6.07) is 10.8. The largest absolute Gasteiger partial charge is 0.507 e. The number of benzene rings is 2. The molecule has 2 aromatic carbocycles. The van der Waals surface area contributed by atoms with Gasteiger partial charge in [0.1, 0.15) is 31.1 Å². The van der Waals surface area contributed by atoms with E-state index in [1.165, 1.54) is 37.8 Å². The van der Waals surface area contributed by atoms with Gasteiger partial charge < -0.3 is 19.7 Å². The second kappa shape index (κ2) is 20.7. The number of hydrogen-bond acceptors (Lipinski definition) is 4. The summed E-state index contributed by atoms with van der Waals surface area (Å²) in [6.07, 6.45) is 18.4. The molecule has 5 heteroatoms. The summed E-state index contributed by atoms with van der Waals surface area (Å²) < 4.78 is 13.5. The lowest BCUT2D eigenvalue weighted by molar-refractivity contribution is 0.336. The fourth-order valence-electron chi connectivity index (χ4n) is 5.89. The Morgan fingerprint density at radius 3 is 1.00 bits per heavy atom. The highest BCUT2D eigenvalue weighted by Gasteiger charge is 2.35. The van der Waals surface area contributed by atoms with Crippen molar-refractivity contribution in [3.63, 3.8) is 0 Å². The quantitative estimate of drug-likeness (QED) is 0.116. The summed E-state index contributed by atoms with van der Waals surface area (Å²) in [7, 11) is -1.97. The molecule has 0 bridgehead atoms. The topological polar surface area (TPSA) is 58.9 Å². The van der Waals surface area contributed by atoms with Crippen LogP contribution in [0.2, 0.25) is 12.1 Å². The Kier molecular flexibility index (Phi) is 17.9. The molecule has 0 aliphatic heterocycles. The Morgan fingerprint density at radius 1 is 0.465 bits per heavy atom. The first-order valence-electron chi connectivity index (χ1n) is 17.8. The Labute approximate surface area is 265 Å². The molecule has 4 nitrogen and oxygen atoms in total. The number of unbranched alkanes of at least 4 members (excludes halogenated alkanes) is 6. The molecule has 0 heterocycles. The molecule has 244 valence electrons. The summed E-state index contributed by atoms with van der Waals surface area (Å²) in [4.78, 5) is 0. The fraction of sp³-hybridized carbons (Fsp3) is 0.684. The van der Waals surface area contributed by atoms with Gasteiger partial charge in [-0.1, -0.05) is 105 Å². The van der Waals surface area contributed by atoms with Gasteiger partial charge in [-0.3, -0.25) is 0 Å². The van der Waals surface area contributed by atoms with Crippen LogP contribution in [0.15, 0.2) is 24.3 Å². The van der Waals surface area contributed by atoms with E-state index in [0.717, 1.165) is 123 Å². The number of hydrogen-bond donors (Lipinski definition) is 2. The van der Waals surface area contributed by atoms with Crippen LogP contribution in [0.25, 0.3) is 0 Å². The smallest absolute Gasteiger partial charge is 0.142 e. The van der Waals surface area contributed by atoms with Gasteiger partial charge in [0.2, 0.25) is 0 Å².